The minimum Gasteiger partial charge on any atom is -0.205 e. The summed E-state index contributed by atoms with van der Waals surface area (Å²) in [5.41, 5.74) is 10.5. The molecule has 0 amide bonds. The first-order chi connectivity index (χ1) is 60.7. The second kappa shape index (κ2) is 50.4. The van der Waals surface area contributed by atoms with E-state index in [0.29, 0.717) is 99.4 Å². The van der Waals surface area contributed by atoms with Crippen LogP contribution in [0, 0.1) is 173 Å². The Hall–Kier alpha value is -5.92. The monoisotopic (exact) mass is 1870 g/mol. The van der Waals surface area contributed by atoms with Gasteiger partial charge in [-0.15, -0.1) is 0 Å². The van der Waals surface area contributed by atoms with Gasteiger partial charge in [-0.05, 0) is 342 Å². The van der Waals surface area contributed by atoms with Gasteiger partial charge in [-0.3, -0.25) is 0 Å². The third kappa shape index (κ3) is 29.1. The Labute approximate surface area is 792 Å². The van der Waals surface area contributed by atoms with Gasteiger partial charge in [0.15, 0.2) is 46.5 Å². The van der Waals surface area contributed by atoms with Crippen molar-refractivity contribution in [1.29, 1.82) is 0 Å². The summed E-state index contributed by atoms with van der Waals surface area (Å²) in [7, 11) is 0. The van der Waals surface area contributed by atoms with E-state index in [1.165, 1.54) is 51.4 Å². The van der Waals surface area contributed by atoms with Crippen LogP contribution in [0.3, 0.4) is 0 Å². The lowest BCUT2D eigenvalue weighted by Crippen LogP contribution is -2.13. The Morgan fingerprint density at radius 3 is 0.445 bits per heavy atom. The molecule has 0 heterocycles. The molecule has 0 nitrogen and oxygen atoms in total. The average Bonchev–Trinajstić information content (AvgIpc) is 0.857. The highest BCUT2D eigenvalue weighted by Gasteiger charge is 2.33. The maximum Gasteiger partial charge on any atom is 0.162 e. The van der Waals surface area contributed by atoms with Crippen LogP contribution in [0.4, 0.5) is 52.7 Å². The van der Waals surface area contributed by atoms with Crippen LogP contribution in [0.5, 0.6) is 0 Å². The van der Waals surface area contributed by atoms with Crippen LogP contribution < -0.4 is 0 Å². The molecule has 8 fully saturated rings. The lowest BCUT2D eigenvalue weighted by Gasteiger charge is -2.27. The van der Waals surface area contributed by atoms with E-state index in [2.05, 4.69) is 55.4 Å². The van der Waals surface area contributed by atoms with Gasteiger partial charge in [-0.2, -0.15) is 0 Å². The molecule has 0 spiro atoms. The standard InChI is InChI=1S/4C14H18ClF.4C14H18F2.8H2/c2*1-9-3-6-11(7-4-9)12-8-5-10(2)14(16)13(12)15;6*1-9-3-6-11(7-4-9)12-8-5-10(2)13(15)14(12)16;;;;;;;;/h8*5,8-9,11H,3-4,6-7H2,1-2H3;8*1H. The van der Waals surface area contributed by atoms with Gasteiger partial charge in [0.05, 0.1) is 20.1 Å². The molecule has 720 valence electrons. The van der Waals surface area contributed by atoms with E-state index in [9.17, 15) is 52.7 Å². The summed E-state index contributed by atoms with van der Waals surface area (Å²) in [4.78, 5) is 0. The zero-order valence-electron chi connectivity index (χ0n) is 79.2. The molecule has 8 aromatic rings. The van der Waals surface area contributed by atoms with E-state index in [1.807, 2.05) is 62.4 Å². The number of halogens is 16. The molecule has 8 aromatic carbocycles. The molecule has 0 radical (unpaired) electrons. The minimum absolute atomic E-state index is 0. The van der Waals surface area contributed by atoms with Gasteiger partial charge in [0.2, 0.25) is 0 Å². The molecule has 8 aliphatic rings. The van der Waals surface area contributed by atoms with Gasteiger partial charge < -0.3 is 0 Å². The van der Waals surface area contributed by atoms with Crippen molar-refractivity contribution in [3.05, 3.63) is 276 Å². The summed E-state index contributed by atoms with van der Waals surface area (Å²) in [6.07, 6.45) is 35.6. The summed E-state index contributed by atoms with van der Waals surface area (Å²) in [5.74, 6) is 2.59. The Morgan fingerprint density at radius 2 is 0.281 bits per heavy atom. The lowest BCUT2D eigenvalue weighted by molar-refractivity contribution is 0.339. The average molecular weight is 1880 g/mol. The van der Waals surface area contributed by atoms with Crippen molar-refractivity contribution in [2.24, 2.45) is 47.3 Å². The molecule has 0 saturated heterocycles. The molecule has 8 aliphatic carbocycles. The largest absolute Gasteiger partial charge is 0.205 e. The first kappa shape index (κ1) is 106. The second-order valence-electron chi connectivity index (χ2n) is 40.5. The molecule has 16 rings (SSSR count). The zero-order chi connectivity index (χ0) is 93.7. The molecule has 0 atom stereocenters. The van der Waals surface area contributed by atoms with Gasteiger partial charge in [-0.1, -0.05) is 302 Å². The fraction of sp³-hybridized carbons (Fsp3) is 0.571. The van der Waals surface area contributed by atoms with E-state index in [4.69, 9.17) is 46.4 Å². The highest BCUT2D eigenvalue weighted by molar-refractivity contribution is 6.32. The zero-order valence-corrected chi connectivity index (χ0v) is 82.2. The van der Waals surface area contributed by atoms with E-state index in [1.54, 1.807) is 90.1 Å². The Morgan fingerprint density at radius 1 is 0.156 bits per heavy atom. The Kier molecular flexibility index (Phi) is 41.7. The topological polar surface area (TPSA) is 0 Å². The van der Waals surface area contributed by atoms with E-state index in [0.717, 1.165) is 235 Å². The Balaban J connectivity index is 0.000000771. The van der Waals surface area contributed by atoms with Crippen LogP contribution in [-0.4, -0.2) is 0 Å². The van der Waals surface area contributed by atoms with Crippen molar-refractivity contribution in [3.8, 4) is 0 Å². The predicted octanol–water partition coefficient (Wildman–Crippen LogP) is 40.6. The van der Waals surface area contributed by atoms with E-state index >= 15 is 0 Å². The van der Waals surface area contributed by atoms with Gasteiger partial charge in [0, 0.05) is 11.4 Å². The first-order valence-corrected chi connectivity index (χ1v) is 49.8. The fourth-order valence-corrected chi connectivity index (χ4v) is 21.5. The van der Waals surface area contributed by atoms with E-state index < -0.39 is 46.5 Å². The van der Waals surface area contributed by atoms with Gasteiger partial charge >= 0.3 is 0 Å². The summed E-state index contributed by atoms with van der Waals surface area (Å²) in [6, 6.07) is 29.2. The first-order valence-electron chi connectivity index (χ1n) is 48.3. The molecule has 8 saturated carbocycles. The number of aryl methyl sites for hydroxylation is 8. The number of rotatable bonds is 8. The fourth-order valence-electron chi connectivity index (χ4n) is 20.4. The van der Waals surface area contributed by atoms with Crippen LogP contribution in [0.1, 0.15) is 409 Å². The number of hydrogen-bond acceptors (Lipinski definition) is 0. The maximum absolute atomic E-state index is 14.0. The normalized spacial score (nSPS) is 25.8. The molecular formula is C112H160Cl4F12. The number of hydrogen-bond donors (Lipinski definition) is 0. The van der Waals surface area contributed by atoms with Crippen molar-refractivity contribution < 1.29 is 64.1 Å². The molecule has 0 unspecified atom stereocenters. The molecule has 0 bridgehead atoms. The van der Waals surface area contributed by atoms with Crippen molar-refractivity contribution in [3.63, 3.8) is 0 Å². The SMILES string of the molecule is Cc1ccc(C2CCC(C)CC2)c(Cl)c1F.Cc1ccc(C2CCC(C)CC2)c(Cl)c1F.Cc1ccc(C2CCC(C)CC2)c(F)c1Cl.Cc1ccc(C2CCC(C)CC2)c(F)c1Cl.Cc1ccc(C2CCC(C)CC2)c(F)c1F.Cc1ccc(C2CCC(C)CC2)c(F)c1F.Cc1ccc(C2CCC(C)CC2)c(F)c1F.Cc1ccc(C2CCC(C)CC2)c(F)c1F.[HH].[HH].[HH].[HH].[HH].[HH].[HH].[HH]. The highest BCUT2D eigenvalue weighted by Crippen LogP contribution is 2.47. The third-order valence-electron chi connectivity index (χ3n) is 30.1. The molecule has 0 aliphatic heterocycles. The quantitative estimate of drug-likeness (QED) is 0.133. The summed E-state index contributed by atoms with van der Waals surface area (Å²) in [5, 5.41) is 1.30. The maximum atomic E-state index is 14.0. The summed E-state index contributed by atoms with van der Waals surface area (Å²) < 4.78 is 164. The number of benzene rings is 8. The molecule has 16 heteroatoms. The predicted molar refractivity (Wildman–Crippen MR) is 529 cm³/mol. The summed E-state index contributed by atoms with van der Waals surface area (Å²) in [6.45, 7) is 31.6. The van der Waals surface area contributed by atoms with E-state index in [-0.39, 0.29) is 58.4 Å². The van der Waals surface area contributed by atoms with Crippen molar-refractivity contribution in [2.75, 3.05) is 0 Å². The molecule has 128 heavy (non-hydrogen) atoms. The van der Waals surface area contributed by atoms with Crippen molar-refractivity contribution >= 4 is 46.4 Å². The van der Waals surface area contributed by atoms with Gasteiger partial charge in [-0.25, -0.2) is 52.7 Å². The van der Waals surface area contributed by atoms with Gasteiger partial charge in [0.1, 0.15) is 23.3 Å². The van der Waals surface area contributed by atoms with Crippen molar-refractivity contribution in [1.82, 2.24) is 0 Å². The van der Waals surface area contributed by atoms with Crippen LogP contribution in [-0.2, 0) is 0 Å². The van der Waals surface area contributed by atoms with Crippen LogP contribution in [0.15, 0.2) is 97.1 Å². The van der Waals surface area contributed by atoms with Crippen LogP contribution in [0.2, 0.25) is 20.1 Å². The lowest BCUT2D eigenvalue weighted by atomic mass is 9.79. The van der Waals surface area contributed by atoms with Crippen molar-refractivity contribution in [2.45, 2.75) is 364 Å². The minimum atomic E-state index is -0.670. The summed E-state index contributed by atoms with van der Waals surface area (Å²) >= 11 is 24.1. The smallest absolute Gasteiger partial charge is 0.162 e. The Bertz CT molecular complexity index is 3980. The molecule has 0 aromatic heterocycles. The molecule has 0 N–H and O–H groups in total. The van der Waals surface area contributed by atoms with Crippen LogP contribution >= 0.6 is 46.4 Å². The van der Waals surface area contributed by atoms with Gasteiger partial charge in [0.25, 0.3) is 0 Å². The molecular weight excluding hydrogens is 1720 g/mol. The third-order valence-corrected chi connectivity index (χ3v) is 31.8. The highest BCUT2D eigenvalue weighted by atomic mass is 35.5. The second-order valence-corrected chi connectivity index (χ2v) is 42.0. The van der Waals surface area contributed by atoms with Crippen LogP contribution in [0.25, 0.3) is 0 Å².